The van der Waals surface area contributed by atoms with E-state index in [0.29, 0.717) is 22.9 Å². The molecule has 1 aromatic carbocycles. The second-order valence-corrected chi connectivity index (χ2v) is 7.29. The summed E-state index contributed by atoms with van der Waals surface area (Å²) >= 11 is 0. The van der Waals surface area contributed by atoms with Crippen molar-refractivity contribution in [3.05, 3.63) is 47.3 Å². The summed E-state index contributed by atoms with van der Waals surface area (Å²) in [5.74, 6) is -0.0665. The number of ether oxygens (including phenoxy) is 1. The Hall–Kier alpha value is -3.26. The number of amides is 2. The van der Waals surface area contributed by atoms with Gasteiger partial charge in [-0.05, 0) is 44.0 Å². The summed E-state index contributed by atoms with van der Waals surface area (Å²) in [6.07, 6.45) is 2.19. The maximum Gasteiger partial charge on any atom is 0.256 e. The van der Waals surface area contributed by atoms with E-state index in [2.05, 4.69) is 15.7 Å². The zero-order valence-electron chi connectivity index (χ0n) is 16.7. The average Bonchev–Trinajstić information content (AvgIpc) is 3.48. The van der Waals surface area contributed by atoms with Gasteiger partial charge in [-0.1, -0.05) is 6.07 Å². The normalized spacial score (nSPS) is 13.5. The van der Waals surface area contributed by atoms with Crippen LogP contribution in [-0.2, 0) is 16.6 Å². The van der Waals surface area contributed by atoms with Crippen molar-refractivity contribution in [2.75, 3.05) is 24.4 Å². The third-order valence-corrected chi connectivity index (χ3v) is 4.91. The number of hydrogen-bond acceptors (Lipinski definition) is 5. The number of rotatable bonds is 6. The quantitative estimate of drug-likeness (QED) is 0.671. The number of methoxy groups -OCH3 is 1. The molecule has 0 radical (unpaired) electrons. The summed E-state index contributed by atoms with van der Waals surface area (Å²) in [6, 6.07) is 8.89. The monoisotopic (exact) mass is 393 g/mol. The lowest BCUT2D eigenvalue weighted by molar-refractivity contribution is -0.119. The molecular weight excluding hydrogens is 370 g/mol. The van der Waals surface area contributed by atoms with E-state index in [0.717, 1.165) is 35.3 Å². The third kappa shape index (κ3) is 3.97. The van der Waals surface area contributed by atoms with Crippen molar-refractivity contribution in [3.8, 4) is 0 Å². The Balaban J connectivity index is 1.63. The van der Waals surface area contributed by atoms with Crippen molar-refractivity contribution >= 4 is 34.2 Å². The van der Waals surface area contributed by atoms with Gasteiger partial charge in [-0.15, -0.1) is 0 Å². The Bertz CT molecular complexity index is 1100. The Kier molecular flexibility index (Phi) is 5.02. The first-order valence-electron chi connectivity index (χ1n) is 9.50. The molecule has 4 rings (SSSR count). The molecule has 1 fully saturated rings. The lowest BCUT2D eigenvalue weighted by Crippen LogP contribution is -2.17. The Morgan fingerprint density at radius 2 is 1.93 bits per heavy atom. The van der Waals surface area contributed by atoms with E-state index >= 15 is 0 Å². The highest BCUT2D eigenvalue weighted by Gasteiger charge is 2.28. The predicted octanol–water partition coefficient (Wildman–Crippen LogP) is 2.99. The molecule has 8 nitrogen and oxygen atoms in total. The largest absolute Gasteiger partial charge is 0.375 e. The Morgan fingerprint density at radius 3 is 2.62 bits per heavy atom. The number of fused-ring (bicyclic) bond motifs is 1. The molecule has 2 amide bonds. The lowest BCUT2D eigenvalue weighted by Gasteiger charge is -2.11. The van der Waals surface area contributed by atoms with Crippen LogP contribution in [0.2, 0.25) is 0 Å². The lowest BCUT2D eigenvalue weighted by atomic mass is 10.1. The number of pyridine rings is 1. The minimum atomic E-state index is -0.258. The van der Waals surface area contributed by atoms with Gasteiger partial charge in [-0.2, -0.15) is 5.10 Å². The molecule has 2 aromatic heterocycles. The van der Waals surface area contributed by atoms with Crippen LogP contribution in [0.3, 0.4) is 0 Å². The number of nitrogens with zero attached hydrogens (tertiary/aromatic N) is 3. The number of anilines is 2. The minimum Gasteiger partial charge on any atom is -0.375 e. The summed E-state index contributed by atoms with van der Waals surface area (Å²) < 4.78 is 6.54. The average molecular weight is 393 g/mol. The van der Waals surface area contributed by atoms with Crippen molar-refractivity contribution in [1.29, 1.82) is 0 Å². The van der Waals surface area contributed by atoms with Crippen LogP contribution in [0.15, 0.2) is 30.3 Å². The first kappa shape index (κ1) is 19.1. The smallest absolute Gasteiger partial charge is 0.256 e. The summed E-state index contributed by atoms with van der Waals surface area (Å²) in [6.45, 7) is 1.85. The standard InChI is InChI=1S/C21H23N5O3/c1-12-19-16(10-17(13-7-8-13)24-20(19)26(2)25-12)21(28)23-15-6-4-5-14(9-15)22-18(27)11-29-3/h4-6,9-10,13H,7-8,11H2,1-3H3,(H,22,27)(H,23,28). The summed E-state index contributed by atoms with van der Waals surface area (Å²) in [5.41, 5.74) is 4.16. The predicted molar refractivity (Wildman–Crippen MR) is 110 cm³/mol. The molecule has 0 bridgehead atoms. The van der Waals surface area contributed by atoms with E-state index in [1.807, 2.05) is 20.0 Å². The number of aromatic nitrogens is 3. The molecule has 0 saturated heterocycles. The summed E-state index contributed by atoms with van der Waals surface area (Å²) in [4.78, 5) is 29.6. The van der Waals surface area contributed by atoms with Crippen molar-refractivity contribution in [3.63, 3.8) is 0 Å². The van der Waals surface area contributed by atoms with E-state index in [4.69, 9.17) is 9.72 Å². The van der Waals surface area contributed by atoms with Crippen molar-refractivity contribution < 1.29 is 14.3 Å². The summed E-state index contributed by atoms with van der Waals surface area (Å²) in [5, 5.41) is 10.9. The van der Waals surface area contributed by atoms with Gasteiger partial charge in [-0.25, -0.2) is 4.98 Å². The fourth-order valence-electron chi connectivity index (χ4n) is 3.43. The van der Waals surface area contributed by atoms with Crippen LogP contribution in [0, 0.1) is 6.92 Å². The Labute approximate surface area is 168 Å². The van der Waals surface area contributed by atoms with E-state index in [1.54, 1.807) is 28.9 Å². The SMILES string of the molecule is COCC(=O)Nc1cccc(NC(=O)c2cc(C3CC3)nc3c2c(C)nn3C)c1. The van der Waals surface area contributed by atoms with E-state index in [1.165, 1.54) is 7.11 Å². The molecule has 0 spiro atoms. The molecule has 8 heteroatoms. The maximum absolute atomic E-state index is 13.1. The Morgan fingerprint density at radius 1 is 1.21 bits per heavy atom. The van der Waals surface area contributed by atoms with Crippen LogP contribution >= 0.6 is 0 Å². The second kappa shape index (κ2) is 7.63. The van der Waals surface area contributed by atoms with E-state index in [-0.39, 0.29) is 18.4 Å². The van der Waals surface area contributed by atoms with Crippen molar-refractivity contribution in [1.82, 2.24) is 14.8 Å². The first-order chi connectivity index (χ1) is 14.0. The molecule has 1 saturated carbocycles. The minimum absolute atomic E-state index is 0.0319. The number of hydrogen-bond donors (Lipinski definition) is 2. The van der Waals surface area contributed by atoms with Gasteiger partial charge in [0, 0.05) is 37.1 Å². The molecule has 3 aromatic rings. The van der Waals surface area contributed by atoms with Crippen LogP contribution in [0.25, 0.3) is 11.0 Å². The maximum atomic E-state index is 13.1. The molecule has 150 valence electrons. The number of aryl methyl sites for hydroxylation is 2. The zero-order valence-corrected chi connectivity index (χ0v) is 16.7. The van der Waals surface area contributed by atoms with Gasteiger partial charge in [-0.3, -0.25) is 14.3 Å². The highest BCUT2D eigenvalue weighted by atomic mass is 16.5. The number of nitrogens with one attached hydrogen (secondary N) is 2. The van der Waals surface area contributed by atoms with Crippen LogP contribution in [-0.4, -0.2) is 40.3 Å². The fraction of sp³-hybridized carbons (Fsp3) is 0.333. The first-order valence-corrected chi connectivity index (χ1v) is 9.50. The summed E-state index contributed by atoms with van der Waals surface area (Å²) in [7, 11) is 3.30. The van der Waals surface area contributed by atoms with Gasteiger partial charge >= 0.3 is 0 Å². The number of carbonyl (C=O) groups excluding carboxylic acids is 2. The molecule has 2 heterocycles. The molecule has 1 aliphatic rings. The van der Waals surface area contributed by atoms with Crippen molar-refractivity contribution in [2.24, 2.45) is 7.05 Å². The molecule has 0 aliphatic heterocycles. The molecule has 2 N–H and O–H groups in total. The van der Waals surface area contributed by atoms with Gasteiger partial charge in [0.15, 0.2) is 5.65 Å². The van der Waals surface area contributed by atoms with Gasteiger partial charge in [0.25, 0.3) is 5.91 Å². The van der Waals surface area contributed by atoms with Gasteiger partial charge in [0.1, 0.15) is 6.61 Å². The molecule has 1 aliphatic carbocycles. The van der Waals surface area contributed by atoms with E-state index in [9.17, 15) is 9.59 Å². The second-order valence-electron chi connectivity index (χ2n) is 7.29. The third-order valence-electron chi connectivity index (χ3n) is 4.91. The number of benzene rings is 1. The molecule has 29 heavy (non-hydrogen) atoms. The number of carbonyl (C=O) groups is 2. The fourth-order valence-corrected chi connectivity index (χ4v) is 3.43. The highest BCUT2D eigenvalue weighted by molar-refractivity contribution is 6.13. The van der Waals surface area contributed by atoms with Crippen LogP contribution in [0.1, 0.15) is 40.5 Å². The highest BCUT2D eigenvalue weighted by Crippen LogP contribution is 2.40. The molecule has 0 atom stereocenters. The van der Waals surface area contributed by atoms with Crippen molar-refractivity contribution in [2.45, 2.75) is 25.7 Å². The molecule has 0 unspecified atom stereocenters. The zero-order chi connectivity index (χ0) is 20.5. The molecular formula is C21H23N5O3. The topological polar surface area (TPSA) is 98.1 Å². The van der Waals surface area contributed by atoms with Gasteiger partial charge in [0.05, 0.1) is 16.6 Å². The van der Waals surface area contributed by atoms with Gasteiger partial charge < -0.3 is 15.4 Å². The van der Waals surface area contributed by atoms with Crippen LogP contribution < -0.4 is 10.6 Å². The van der Waals surface area contributed by atoms with Crippen LogP contribution in [0.5, 0.6) is 0 Å². The van der Waals surface area contributed by atoms with Gasteiger partial charge in [0.2, 0.25) is 5.91 Å². The van der Waals surface area contributed by atoms with Crippen LogP contribution in [0.4, 0.5) is 11.4 Å². The van der Waals surface area contributed by atoms with E-state index < -0.39 is 0 Å².